The smallest absolute Gasteiger partial charge is 0.0963 e. The second-order valence-electron chi connectivity index (χ2n) is 4.73. The Labute approximate surface area is 99.3 Å². The van der Waals surface area contributed by atoms with E-state index in [1.54, 1.807) is 0 Å². The summed E-state index contributed by atoms with van der Waals surface area (Å²) in [6, 6.07) is 6.20. The van der Waals surface area contributed by atoms with E-state index in [0.29, 0.717) is 5.92 Å². The Morgan fingerprint density at radius 1 is 1.31 bits per heavy atom. The molecule has 74 valence electrons. The molecule has 2 aliphatic carbocycles. The third-order valence-corrected chi connectivity index (χ3v) is 3.67. The maximum atomic E-state index is 5.97. The lowest BCUT2D eigenvalue weighted by Gasteiger charge is -2.18. The van der Waals surface area contributed by atoms with Gasteiger partial charge in [0.2, 0.25) is 0 Å². The molecule has 1 aromatic carbocycles. The van der Waals surface area contributed by atoms with Gasteiger partial charge in [-0.1, -0.05) is 54.1 Å². The van der Waals surface area contributed by atoms with Crippen LogP contribution in [0.4, 0.5) is 0 Å². The summed E-state index contributed by atoms with van der Waals surface area (Å²) in [5.41, 5.74) is 6.36. The summed E-state index contributed by atoms with van der Waals surface area (Å²) in [5, 5.41) is 0. The van der Waals surface area contributed by atoms with Gasteiger partial charge in [0.25, 0.3) is 0 Å². The SMILES string of the molecule is [B]c1ccc2c(c1)C(C)C1=C2C=CC([B])C1. The molecule has 1 aromatic rings. The quantitative estimate of drug-likeness (QED) is 0.566. The zero-order chi connectivity index (χ0) is 11.3. The van der Waals surface area contributed by atoms with Gasteiger partial charge in [0.05, 0.1) is 7.85 Å². The van der Waals surface area contributed by atoms with Crippen LogP contribution in [0.25, 0.3) is 5.57 Å². The van der Waals surface area contributed by atoms with Crippen LogP contribution in [0.5, 0.6) is 0 Å². The topological polar surface area (TPSA) is 0 Å². The molecule has 0 bridgehead atoms. The van der Waals surface area contributed by atoms with Crippen molar-refractivity contribution in [1.82, 2.24) is 0 Å². The summed E-state index contributed by atoms with van der Waals surface area (Å²) in [6.07, 6.45) is 5.24. The van der Waals surface area contributed by atoms with Crippen molar-refractivity contribution in [3.63, 3.8) is 0 Å². The fourth-order valence-electron chi connectivity index (χ4n) is 2.80. The van der Waals surface area contributed by atoms with Crippen LogP contribution >= 0.6 is 0 Å². The van der Waals surface area contributed by atoms with E-state index in [2.05, 4.69) is 31.2 Å². The van der Waals surface area contributed by atoms with Gasteiger partial charge in [-0.15, -0.1) is 0 Å². The fourth-order valence-corrected chi connectivity index (χ4v) is 2.80. The van der Waals surface area contributed by atoms with E-state index in [0.717, 1.165) is 11.9 Å². The predicted octanol–water partition coefficient (Wildman–Crippen LogP) is 2.27. The van der Waals surface area contributed by atoms with Crippen molar-refractivity contribution in [2.75, 3.05) is 0 Å². The molecule has 3 rings (SSSR count). The lowest BCUT2D eigenvalue weighted by Crippen LogP contribution is -2.05. The summed E-state index contributed by atoms with van der Waals surface area (Å²) in [6.45, 7) is 2.24. The molecular formula is C14H12B2. The molecule has 2 unspecified atom stereocenters. The Kier molecular flexibility index (Phi) is 2.14. The van der Waals surface area contributed by atoms with Crippen molar-refractivity contribution >= 4 is 26.7 Å². The molecule has 0 nitrogen and oxygen atoms in total. The number of hydrogen-bond acceptors (Lipinski definition) is 0. The van der Waals surface area contributed by atoms with E-state index in [9.17, 15) is 0 Å². The fraction of sp³-hybridized carbons (Fsp3) is 0.286. The Balaban J connectivity index is 2.15. The highest BCUT2D eigenvalue weighted by molar-refractivity contribution is 6.32. The molecule has 4 radical (unpaired) electrons. The summed E-state index contributed by atoms with van der Waals surface area (Å²) in [4.78, 5) is 0. The third-order valence-electron chi connectivity index (χ3n) is 3.67. The van der Waals surface area contributed by atoms with Crippen molar-refractivity contribution < 1.29 is 0 Å². The zero-order valence-corrected chi connectivity index (χ0v) is 9.40. The van der Waals surface area contributed by atoms with Crippen LogP contribution in [0.15, 0.2) is 35.9 Å². The summed E-state index contributed by atoms with van der Waals surface area (Å²) < 4.78 is 0. The second kappa shape index (κ2) is 3.41. The largest absolute Gasteiger partial charge is 0.113 e. The second-order valence-corrected chi connectivity index (χ2v) is 4.73. The number of rotatable bonds is 0. The standard InChI is InChI=1S/C14H12B2/c1-8-13-6-9(15)2-4-11(13)12-5-3-10(16)7-14(8)12/h2-6,8,10H,7H2,1H3. The average molecular weight is 202 g/mol. The molecule has 0 amide bonds. The first-order valence-electron chi connectivity index (χ1n) is 5.73. The minimum absolute atomic E-state index is 0.174. The summed E-state index contributed by atoms with van der Waals surface area (Å²) in [7, 11) is 11.8. The van der Waals surface area contributed by atoms with Gasteiger partial charge >= 0.3 is 0 Å². The molecule has 0 aromatic heterocycles. The Bertz CT molecular complexity index is 511. The van der Waals surface area contributed by atoms with Crippen molar-refractivity contribution in [2.45, 2.75) is 25.1 Å². The molecular weight excluding hydrogens is 190 g/mol. The molecule has 0 spiro atoms. The van der Waals surface area contributed by atoms with Crippen molar-refractivity contribution in [3.8, 4) is 0 Å². The first kappa shape index (κ1) is 10.0. The Morgan fingerprint density at radius 2 is 2.12 bits per heavy atom. The normalized spacial score (nSPS) is 26.8. The predicted molar refractivity (Wildman–Crippen MR) is 70.4 cm³/mol. The van der Waals surface area contributed by atoms with Crippen LogP contribution in [0.2, 0.25) is 5.82 Å². The number of fused-ring (bicyclic) bond motifs is 2. The first-order chi connectivity index (χ1) is 7.66. The van der Waals surface area contributed by atoms with Crippen LogP contribution in [0, 0.1) is 0 Å². The van der Waals surface area contributed by atoms with E-state index >= 15 is 0 Å². The van der Waals surface area contributed by atoms with Crippen molar-refractivity contribution in [3.05, 3.63) is 47.1 Å². The lowest BCUT2D eigenvalue weighted by atomic mass is 9.76. The first-order valence-corrected chi connectivity index (χ1v) is 5.73. The summed E-state index contributed by atoms with van der Waals surface area (Å²) >= 11 is 0. The third kappa shape index (κ3) is 1.32. The van der Waals surface area contributed by atoms with Gasteiger partial charge in [0.15, 0.2) is 0 Å². The van der Waals surface area contributed by atoms with Crippen LogP contribution in [0.3, 0.4) is 0 Å². The highest BCUT2D eigenvalue weighted by atomic mass is 14.3. The maximum Gasteiger partial charge on any atom is 0.113 e. The summed E-state index contributed by atoms with van der Waals surface area (Å²) in [5.74, 6) is 0.636. The molecule has 0 N–H and O–H groups in total. The highest BCUT2D eigenvalue weighted by Gasteiger charge is 2.28. The van der Waals surface area contributed by atoms with E-state index in [4.69, 9.17) is 15.7 Å². The van der Waals surface area contributed by atoms with Crippen LogP contribution in [-0.4, -0.2) is 15.7 Å². The highest BCUT2D eigenvalue weighted by Crippen LogP contribution is 2.47. The van der Waals surface area contributed by atoms with Crippen LogP contribution in [-0.2, 0) is 0 Å². The number of hydrogen-bond donors (Lipinski definition) is 0. The lowest BCUT2D eigenvalue weighted by molar-refractivity contribution is 0.823. The van der Waals surface area contributed by atoms with Gasteiger partial charge in [-0.05, 0) is 23.1 Å². The molecule has 0 fully saturated rings. The van der Waals surface area contributed by atoms with Gasteiger partial charge in [-0.2, -0.15) is 0 Å². The van der Waals surface area contributed by atoms with Gasteiger partial charge in [0.1, 0.15) is 7.85 Å². The molecule has 0 saturated heterocycles. The van der Waals surface area contributed by atoms with Gasteiger partial charge in [-0.25, -0.2) is 0 Å². The minimum Gasteiger partial charge on any atom is -0.0963 e. The number of allylic oxidation sites excluding steroid dienone is 4. The van der Waals surface area contributed by atoms with Crippen LogP contribution < -0.4 is 5.46 Å². The van der Waals surface area contributed by atoms with E-state index in [-0.39, 0.29) is 5.82 Å². The van der Waals surface area contributed by atoms with Crippen molar-refractivity contribution in [2.24, 2.45) is 0 Å². The Morgan fingerprint density at radius 3 is 2.94 bits per heavy atom. The van der Waals surface area contributed by atoms with E-state index < -0.39 is 0 Å². The average Bonchev–Trinajstić information content (AvgIpc) is 2.53. The molecule has 0 aliphatic heterocycles. The molecule has 2 atom stereocenters. The zero-order valence-electron chi connectivity index (χ0n) is 9.40. The monoisotopic (exact) mass is 202 g/mol. The molecule has 0 saturated carbocycles. The Hall–Kier alpha value is -1.17. The molecule has 16 heavy (non-hydrogen) atoms. The molecule has 2 aliphatic rings. The van der Waals surface area contributed by atoms with E-state index in [1.165, 1.54) is 22.3 Å². The van der Waals surface area contributed by atoms with Gasteiger partial charge in [0, 0.05) is 5.92 Å². The maximum absolute atomic E-state index is 5.97. The molecule has 0 heterocycles. The molecule has 2 heteroatoms. The van der Waals surface area contributed by atoms with Crippen LogP contribution in [0.1, 0.15) is 30.4 Å². The van der Waals surface area contributed by atoms with Gasteiger partial charge < -0.3 is 0 Å². The van der Waals surface area contributed by atoms with Crippen molar-refractivity contribution in [1.29, 1.82) is 0 Å². The van der Waals surface area contributed by atoms with Gasteiger partial charge in [-0.3, -0.25) is 0 Å². The van der Waals surface area contributed by atoms with E-state index in [1.807, 2.05) is 6.07 Å². The number of benzene rings is 1. The minimum atomic E-state index is 0.174.